The third-order valence-electron chi connectivity index (χ3n) is 3.15. The van der Waals surface area contributed by atoms with E-state index in [9.17, 15) is 14.7 Å². The number of carbonyl (C=O) groups excluding carboxylic acids is 2. The second-order valence-electron chi connectivity index (χ2n) is 4.76. The first-order chi connectivity index (χ1) is 9.11. The van der Waals surface area contributed by atoms with Crippen LogP contribution in [0.4, 0.5) is 0 Å². The number of hydrogen-bond acceptors (Lipinski definition) is 3. The molecule has 0 saturated heterocycles. The number of phenolic OH excluding ortho intramolecular Hbond substituents is 1. The van der Waals surface area contributed by atoms with Gasteiger partial charge in [-0.1, -0.05) is 32.8 Å². The van der Waals surface area contributed by atoms with Crippen molar-refractivity contribution < 1.29 is 14.7 Å². The van der Waals surface area contributed by atoms with Gasteiger partial charge in [-0.15, -0.1) is 0 Å². The molecule has 0 unspecified atom stereocenters. The van der Waals surface area contributed by atoms with Gasteiger partial charge in [0.25, 0.3) is 0 Å². The Morgan fingerprint density at radius 1 is 0.947 bits per heavy atom. The summed E-state index contributed by atoms with van der Waals surface area (Å²) in [7, 11) is 0. The van der Waals surface area contributed by atoms with Crippen molar-refractivity contribution in [2.24, 2.45) is 0 Å². The minimum atomic E-state index is -0.148. The number of phenols is 1. The molecular formula is C16H22O3. The maximum atomic E-state index is 11.9. The number of benzene rings is 1. The molecule has 0 aromatic heterocycles. The lowest BCUT2D eigenvalue weighted by Gasteiger charge is -2.08. The predicted octanol–water partition coefficient (Wildman–Crippen LogP) is 4.14. The third kappa shape index (κ3) is 4.19. The first-order valence-corrected chi connectivity index (χ1v) is 7.00. The topological polar surface area (TPSA) is 54.4 Å². The molecule has 0 radical (unpaired) electrons. The molecule has 0 aliphatic carbocycles. The average molecular weight is 262 g/mol. The summed E-state index contributed by atoms with van der Waals surface area (Å²) in [5.41, 5.74) is 0.548. The molecule has 1 N–H and O–H groups in total. The summed E-state index contributed by atoms with van der Waals surface area (Å²) in [5, 5.41) is 10.1. The zero-order chi connectivity index (χ0) is 14.3. The van der Waals surface area contributed by atoms with Crippen LogP contribution < -0.4 is 0 Å². The van der Waals surface area contributed by atoms with Crippen molar-refractivity contribution in [3.63, 3.8) is 0 Å². The Morgan fingerprint density at radius 2 is 1.37 bits per heavy atom. The van der Waals surface area contributed by atoms with Crippen molar-refractivity contribution in [3.05, 3.63) is 29.3 Å². The van der Waals surface area contributed by atoms with E-state index >= 15 is 0 Å². The van der Waals surface area contributed by atoms with Crippen LogP contribution in [-0.2, 0) is 0 Å². The summed E-state index contributed by atoms with van der Waals surface area (Å²) >= 11 is 0. The Morgan fingerprint density at radius 3 is 1.74 bits per heavy atom. The summed E-state index contributed by atoms with van der Waals surface area (Å²) in [5.74, 6) is -0.335. The van der Waals surface area contributed by atoms with Gasteiger partial charge in [0.2, 0.25) is 0 Å². The van der Waals surface area contributed by atoms with Crippen molar-refractivity contribution >= 4 is 11.6 Å². The highest BCUT2D eigenvalue weighted by Crippen LogP contribution is 2.26. The van der Waals surface area contributed by atoms with E-state index in [1.807, 2.05) is 13.8 Å². The highest BCUT2D eigenvalue weighted by Gasteiger charge is 2.17. The minimum Gasteiger partial charge on any atom is -0.506 e. The molecule has 3 heteroatoms. The molecule has 3 nitrogen and oxygen atoms in total. The van der Waals surface area contributed by atoms with E-state index in [0.717, 1.165) is 25.7 Å². The van der Waals surface area contributed by atoms with Crippen LogP contribution in [0.2, 0.25) is 0 Å². The van der Waals surface area contributed by atoms with Crippen molar-refractivity contribution in [2.75, 3.05) is 0 Å². The van der Waals surface area contributed by atoms with Gasteiger partial charge in [-0.25, -0.2) is 0 Å². The van der Waals surface area contributed by atoms with Gasteiger partial charge < -0.3 is 5.11 Å². The number of ketones is 2. The van der Waals surface area contributed by atoms with Crippen LogP contribution in [0.1, 0.15) is 73.1 Å². The van der Waals surface area contributed by atoms with Crippen LogP contribution in [0.15, 0.2) is 18.2 Å². The highest BCUT2D eigenvalue weighted by molar-refractivity contribution is 6.05. The van der Waals surface area contributed by atoms with Crippen LogP contribution in [-0.4, -0.2) is 16.7 Å². The molecule has 104 valence electrons. The molecule has 0 bridgehead atoms. The fourth-order valence-electron chi connectivity index (χ4n) is 1.94. The van der Waals surface area contributed by atoms with E-state index < -0.39 is 0 Å². The standard InChI is InChI=1S/C16H22O3/c1-3-5-10-14(17)12-8-7-9-13(16(12)19)15(18)11-6-4-2/h7-9,19H,3-6,10-11H2,1-2H3. The van der Waals surface area contributed by atoms with Gasteiger partial charge in [0.05, 0.1) is 11.1 Å². The monoisotopic (exact) mass is 262 g/mol. The Labute approximate surface area is 114 Å². The smallest absolute Gasteiger partial charge is 0.166 e. The normalized spacial score (nSPS) is 10.4. The van der Waals surface area contributed by atoms with Gasteiger partial charge in [-0.2, -0.15) is 0 Å². The first kappa shape index (κ1) is 15.4. The highest BCUT2D eigenvalue weighted by atomic mass is 16.3. The van der Waals surface area contributed by atoms with Gasteiger partial charge in [0.1, 0.15) is 5.75 Å². The third-order valence-corrected chi connectivity index (χ3v) is 3.15. The lowest BCUT2D eigenvalue weighted by Crippen LogP contribution is -2.05. The fraction of sp³-hybridized carbons (Fsp3) is 0.500. The Balaban J connectivity index is 2.91. The zero-order valence-corrected chi connectivity index (χ0v) is 11.7. The molecule has 0 fully saturated rings. The lowest BCUT2D eigenvalue weighted by molar-refractivity contribution is 0.0975. The maximum Gasteiger partial charge on any atom is 0.166 e. The summed E-state index contributed by atoms with van der Waals surface area (Å²) in [6.07, 6.45) is 4.29. The Bertz CT molecular complexity index is 411. The molecule has 0 spiro atoms. The lowest BCUT2D eigenvalue weighted by atomic mass is 9.98. The van der Waals surface area contributed by atoms with Crippen molar-refractivity contribution in [3.8, 4) is 5.75 Å². The van der Waals surface area contributed by atoms with Crippen molar-refractivity contribution in [2.45, 2.75) is 52.4 Å². The first-order valence-electron chi connectivity index (χ1n) is 7.00. The molecule has 1 aromatic rings. The molecule has 0 amide bonds. The van der Waals surface area contributed by atoms with Crippen LogP contribution >= 0.6 is 0 Å². The zero-order valence-electron chi connectivity index (χ0n) is 11.7. The van der Waals surface area contributed by atoms with Gasteiger partial charge in [0.15, 0.2) is 11.6 Å². The second-order valence-corrected chi connectivity index (χ2v) is 4.76. The van der Waals surface area contributed by atoms with E-state index in [1.165, 1.54) is 0 Å². The molecule has 0 aliphatic rings. The Hall–Kier alpha value is -1.64. The van der Waals surface area contributed by atoms with Crippen LogP contribution in [0.25, 0.3) is 0 Å². The van der Waals surface area contributed by atoms with Crippen LogP contribution in [0.3, 0.4) is 0 Å². The summed E-state index contributed by atoms with van der Waals surface area (Å²) in [6.45, 7) is 4.02. The number of unbranched alkanes of at least 4 members (excludes halogenated alkanes) is 2. The van der Waals surface area contributed by atoms with Crippen LogP contribution in [0, 0.1) is 0 Å². The molecule has 0 atom stereocenters. The van der Waals surface area contributed by atoms with Crippen molar-refractivity contribution in [1.29, 1.82) is 0 Å². The number of hydrogen-bond donors (Lipinski definition) is 1. The molecule has 0 aliphatic heterocycles. The second kappa shape index (κ2) is 7.72. The average Bonchev–Trinajstić information content (AvgIpc) is 2.42. The molecule has 19 heavy (non-hydrogen) atoms. The number of para-hydroxylation sites is 1. The molecule has 0 saturated carbocycles. The predicted molar refractivity (Wildman–Crippen MR) is 75.8 cm³/mol. The van der Waals surface area contributed by atoms with E-state index in [1.54, 1.807) is 18.2 Å². The van der Waals surface area contributed by atoms with E-state index in [0.29, 0.717) is 12.8 Å². The summed E-state index contributed by atoms with van der Waals surface area (Å²) < 4.78 is 0. The van der Waals surface area contributed by atoms with Crippen molar-refractivity contribution in [1.82, 2.24) is 0 Å². The minimum absolute atomic E-state index is 0.0931. The largest absolute Gasteiger partial charge is 0.506 e. The molecular weight excluding hydrogens is 240 g/mol. The number of aromatic hydroxyl groups is 1. The SMILES string of the molecule is CCCCC(=O)c1cccc(C(=O)CCCC)c1O. The van der Waals surface area contributed by atoms with Gasteiger partial charge in [-0.3, -0.25) is 9.59 Å². The van der Waals surface area contributed by atoms with Crippen LogP contribution in [0.5, 0.6) is 5.75 Å². The summed E-state index contributed by atoms with van der Waals surface area (Å²) in [4.78, 5) is 23.9. The summed E-state index contributed by atoms with van der Waals surface area (Å²) in [6, 6.07) is 4.84. The van der Waals surface area contributed by atoms with Gasteiger partial charge in [0, 0.05) is 12.8 Å². The number of rotatable bonds is 8. The number of Topliss-reactive ketones (excluding diaryl/α,β-unsaturated/α-hetero) is 2. The molecule has 1 rings (SSSR count). The van der Waals surface area contributed by atoms with Gasteiger partial charge >= 0.3 is 0 Å². The number of carbonyl (C=O) groups is 2. The molecule has 0 heterocycles. The van der Waals surface area contributed by atoms with E-state index in [2.05, 4.69) is 0 Å². The Kier molecular flexibility index (Phi) is 6.26. The fourth-order valence-corrected chi connectivity index (χ4v) is 1.94. The van der Waals surface area contributed by atoms with Gasteiger partial charge in [-0.05, 0) is 25.0 Å². The molecule has 1 aromatic carbocycles. The maximum absolute atomic E-state index is 11.9. The quantitative estimate of drug-likeness (QED) is 0.716. The van der Waals surface area contributed by atoms with E-state index in [4.69, 9.17) is 0 Å². The van der Waals surface area contributed by atoms with E-state index in [-0.39, 0.29) is 28.4 Å².